The molecule has 0 bridgehead atoms. The third-order valence-electron chi connectivity index (χ3n) is 2.67. The number of carbonyl (C=O) groups excluding carboxylic acids is 1. The first-order valence-electron chi connectivity index (χ1n) is 7.36. The molecule has 0 fully saturated rings. The molecule has 1 unspecified atom stereocenters. The van der Waals surface area contributed by atoms with E-state index in [0.717, 1.165) is 0 Å². The summed E-state index contributed by atoms with van der Waals surface area (Å²) >= 11 is 0. The summed E-state index contributed by atoms with van der Waals surface area (Å²) in [4.78, 5) is 26.8. The van der Waals surface area contributed by atoms with Crippen LogP contribution in [-0.4, -0.2) is 34.2 Å². The van der Waals surface area contributed by atoms with E-state index in [1.807, 2.05) is 33.8 Å². The quantitative estimate of drug-likeness (QED) is 0.638. The predicted octanol–water partition coefficient (Wildman–Crippen LogP) is 3.90. The van der Waals surface area contributed by atoms with E-state index in [1.165, 1.54) is 4.67 Å². The van der Waals surface area contributed by atoms with E-state index in [9.17, 15) is 9.69 Å². The van der Waals surface area contributed by atoms with Crippen molar-refractivity contribution in [1.82, 2.24) is 4.67 Å². The lowest BCUT2D eigenvalue weighted by molar-refractivity contribution is 0.0805. The number of hydrogen-bond donors (Lipinski definition) is 1. The second-order valence-corrected chi connectivity index (χ2v) is 6.52. The molecule has 0 radical (unpaired) electrons. The monoisotopic (exact) mass is 323 g/mol. The Morgan fingerprint density at radius 2 is 1.95 bits per heavy atom. The Labute approximate surface area is 133 Å². The summed E-state index contributed by atoms with van der Waals surface area (Å²) in [5, 5.41) is 0. The molecular formula is C16H24N2O3P+. The number of benzene rings is 1. The van der Waals surface area contributed by atoms with Crippen molar-refractivity contribution in [3.63, 3.8) is 0 Å². The summed E-state index contributed by atoms with van der Waals surface area (Å²) in [5.74, 6) is -0.232. The summed E-state index contributed by atoms with van der Waals surface area (Å²) in [6.45, 7) is 7.91. The van der Waals surface area contributed by atoms with Crippen molar-refractivity contribution in [2.75, 3.05) is 6.61 Å². The van der Waals surface area contributed by atoms with E-state index >= 15 is 0 Å². The molecule has 5 nitrogen and oxygen atoms in total. The molecular weight excluding hydrogens is 299 g/mol. The Morgan fingerprint density at radius 3 is 2.50 bits per heavy atom. The number of nitrogens with zero attached hydrogens (tertiary/aromatic N) is 2. The van der Waals surface area contributed by atoms with Gasteiger partial charge in [0.05, 0.1) is 6.61 Å². The van der Waals surface area contributed by atoms with Crippen LogP contribution in [0.25, 0.3) is 4.85 Å². The van der Waals surface area contributed by atoms with Gasteiger partial charge in [0.2, 0.25) is 0 Å². The maximum absolute atomic E-state index is 12.5. The van der Waals surface area contributed by atoms with Gasteiger partial charge in [-0.25, -0.2) is 0 Å². The zero-order valence-electron chi connectivity index (χ0n) is 13.6. The topological polar surface area (TPSA) is 54.1 Å². The fourth-order valence-corrected chi connectivity index (χ4v) is 2.75. The standard InChI is InChI=1S/C16H24N2O3P/c1-13(2)17-11-8-12-21-22(20)18(14(3)4)16(19)15-9-6-5-7-10-15/h5-7,9-10,13-14,20H,8,12H2,1-4H3/q+1. The molecule has 1 aromatic carbocycles. The molecule has 0 aliphatic heterocycles. The third-order valence-corrected chi connectivity index (χ3v) is 4.10. The van der Waals surface area contributed by atoms with Gasteiger partial charge in [0.1, 0.15) is 6.42 Å². The number of hydrogen-bond acceptors (Lipinski definition) is 3. The van der Waals surface area contributed by atoms with E-state index < -0.39 is 8.53 Å². The number of carbonyl (C=O) groups is 1. The van der Waals surface area contributed by atoms with Gasteiger partial charge in [0, 0.05) is 25.5 Å². The fraction of sp³-hybridized carbons (Fsp3) is 0.500. The van der Waals surface area contributed by atoms with Crippen molar-refractivity contribution in [2.24, 2.45) is 0 Å². The lowest BCUT2D eigenvalue weighted by Gasteiger charge is -2.29. The summed E-state index contributed by atoms with van der Waals surface area (Å²) in [5.41, 5.74) is 0.536. The first-order chi connectivity index (χ1) is 10.4. The van der Waals surface area contributed by atoms with E-state index in [4.69, 9.17) is 4.52 Å². The summed E-state index contributed by atoms with van der Waals surface area (Å²) in [7, 11) is -1.98. The largest absolute Gasteiger partial charge is 0.333 e. The minimum absolute atomic E-state index is 0.155. The molecule has 1 aromatic rings. The van der Waals surface area contributed by atoms with Gasteiger partial charge in [-0.15, -0.1) is 0 Å². The molecule has 1 amide bonds. The Hall–Kier alpha value is -1.47. The molecule has 120 valence electrons. The summed E-state index contributed by atoms with van der Waals surface area (Å²) < 4.78 is 6.77. The molecule has 0 spiro atoms. The summed E-state index contributed by atoms with van der Waals surface area (Å²) in [6.07, 6.45) is 0.489. The van der Waals surface area contributed by atoms with Crippen LogP contribution in [0.15, 0.2) is 30.3 Å². The lowest BCUT2D eigenvalue weighted by Crippen LogP contribution is -2.33. The van der Waals surface area contributed by atoms with Crippen LogP contribution >= 0.6 is 8.53 Å². The number of rotatable bonds is 6. The average Bonchev–Trinajstić information content (AvgIpc) is 2.47. The van der Waals surface area contributed by atoms with E-state index in [2.05, 4.69) is 10.9 Å². The van der Waals surface area contributed by atoms with Crippen LogP contribution in [0.3, 0.4) is 0 Å². The minimum Gasteiger partial charge on any atom is -0.333 e. The van der Waals surface area contributed by atoms with Gasteiger partial charge in [-0.05, 0) is 26.0 Å². The van der Waals surface area contributed by atoms with Crippen molar-refractivity contribution in [3.05, 3.63) is 40.7 Å². The second kappa shape index (κ2) is 9.53. The first-order valence-corrected chi connectivity index (χ1v) is 8.53. The Balaban J connectivity index is 2.63. The summed E-state index contributed by atoms with van der Waals surface area (Å²) in [6, 6.07) is 11.8. The van der Waals surface area contributed by atoms with Gasteiger partial charge in [-0.3, -0.25) is 9.46 Å². The van der Waals surface area contributed by atoms with E-state index in [1.54, 1.807) is 24.3 Å². The molecule has 1 N–H and O–H groups in total. The molecule has 0 aliphatic rings. The van der Waals surface area contributed by atoms with Crippen molar-refractivity contribution < 1.29 is 14.2 Å². The van der Waals surface area contributed by atoms with Crippen LogP contribution < -0.4 is 0 Å². The average molecular weight is 323 g/mol. The normalized spacial score (nSPS) is 12.0. The maximum Gasteiger partial charge on any atom is 0.289 e. The van der Waals surface area contributed by atoms with E-state index in [0.29, 0.717) is 12.0 Å². The van der Waals surface area contributed by atoms with Gasteiger partial charge >= 0.3 is 0 Å². The maximum atomic E-state index is 12.5. The Bertz CT molecular complexity index is 523. The molecule has 0 heterocycles. The molecule has 0 aromatic heterocycles. The molecule has 1 atom stereocenters. The van der Waals surface area contributed by atoms with Crippen molar-refractivity contribution in [2.45, 2.75) is 46.2 Å². The molecule has 1 rings (SSSR count). The predicted molar refractivity (Wildman–Crippen MR) is 89.8 cm³/mol. The minimum atomic E-state index is -1.98. The van der Waals surface area contributed by atoms with Gasteiger partial charge < -0.3 is 9.42 Å². The van der Waals surface area contributed by atoms with Crippen LogP contribution in [0.2, 0.25) is 0 Å². The highest BCUT2D eigenvalue weighted by Gasteiger charge is 2.27. The van der Waals surface area contributed by atoms with Gasteiger partial charge in [0.25, 0.3) is 26.5 Å². The third kappa shape index (κ3) is 6.11. The SMILES string of the molecule is CC(C)[N+]#CCCOP(O)N(C(=O)c1ccccc1)C(C)C. The highest BCUT2D eigenvalue weighted by atomic mass is 31.2. The van der Waals surface area contributed by atoms with Crippen LogP contribution in [0.1, 0.15) is 44.5 Å². The molecule has 6 heteroatoms. The highest BCUT2D eigenvalue weighted by molar-refractivity contribution is 7.44. The van der Waals surface area contributed by atoms with Gasteiger partial charge in [0.15, 0.2) is 0 Å². The van der Waals surface area contributed by atoms with Crippen LogP contribution in [0, 0.1) is 6.07 Å². The zero-order chi connectivity index (χ0) is 16.5. The van der Waals surface area contributed by atoms with Gasteiger partial charge in [-0.1, -0.05) is 23.0 Å². The second-order valence-electron chi connectivity index (χ2n) is 5.33. The van der Waals surface area contributed by atoms with Crippen LogP contribution in [-0.2, 0) is 4.52 Å². The van der Waals surface area contributed by atoms with Crippen LogP contribution in [0.4, 0.5) is 0 Å². The molecule has 0 saturated heterocycles. The fourth-order valence-electron chi connectivity index (χ4n) is 1.71. The Morgan fingerprint density at radius 1 is 1.32 bits per heavy atom. The van der Waals surface area contributed by atoms with E-state index in [-0.39, 0.29) is 24.6 Å². The van der Waals surface area contributed by atoms with Crippen molar-refractivity contribution in [3.8, 4) is 6.07 Å². The molecule has 0 saturated carbocycles. The zero-order valence-corrected chi connectivity index (χ0v) is 14.5. The van der Waals surface area contributed by atoms with Crippen molar-refractivity contribution >= 4 is 14.4 Å². The van der Waals surface area contributed by atoms with Crippen LogP contribution in [0.5, 0.6) is 0 Å². The Kier molecular flexibility index (Phi) is 8.05. The van der Waals surface area contributed by atoms with Crippen molar-refractivity contribution in [1.29, 1.82) is 0 Å². The van der Waals surface area contributed by atoms with Gasteiger partial charge in [-0.2, -0.15) is 0 Å². The smallest absolute Gasteiger partial charge is 0.289 e. The highest BCUT2D eigenvalue weighted by Crippen LogP contribution is 2.39. The number of amides is 1. The lowest BCUT2D eigenvalue weighted by atomic mass is 10.2. The molecule has 0 aliphatic carbocycles. The molecule has 22 heavy (non-hydrogen) atoms. The first kappa shape index (κ1) is 18.6.